The highest BCUT2D eigenvalue weighted by atomic mass is 35.5. The molecule has 5 nitrogen and oxygen atoms in total. The van der Waals surface area contributed by atoms with Gasteiger partial charge in [0.25, 0.3) is 5.91 Å². The molecule has 1 rings (SSSR count). The highest BCUT2D eigenvalue weighted by molar-refractivity contribution is 7.92. The number of rotatable bonds is 7. The first-order chi connectivity index (χ1) is 8.91. The molecule has 2 N–H and O–H groups in total. The van der Waals surface area contributed by atoms with Gasteiger partial charge in [-0.1, -0.05) is 0 Å². The van der Waals surface area contributed by atoms with E-state index in [4.69, 9.17) is 0 Å². The zero-order chi connectivity index (χ0) is 14.5. The van der Waals surface area contributed by atoms with Gasteiger partial charge in [0.05, 0.1) is 4.90 Å². The summed E-state index contributed by atoms with van der Waals surface area (Å²) in [7, 11) is -2.98. The van der Waals surface area contributed by atoms with E-state index >= 15 is 0 Å². The monoisotopic (exact) mass is 348 g/mol. The molecule has 0 aliphatic rings. The molecule has 10 heteroatoms. The maximum absolute atomic E-state index is 12.4. The summed E-state index contributed by atoms with van der Waals surface area (Å²) in [6.45, 7) is 1.03. The normalized spacial score (nSPS) is 11.2. The van der Waals surface area contributed by atoms with Crippen molar-refractivity contribution in [1.82, 2.24) is 10.6 Å². The van der Waals surface area contributed by atoms with Crippen LogP contribution in [0.4, 0.5) is 8.78 Å². The molecule has 0 unspecified atom stereocenters. The number of carbonyl (C=O) groups excluding carboxylic acids is 1. The minimum Gasteiger partial charge on any atom is -0.351 e. The van der Waals surface area contributed by atoms with Crippen LogP contribution in [0, 0.1) is 0 Å². The van der Waals surface area contributed by atoms with E-state index in [1.807, 2.05) is 0 Å². The number of nitrogens with one attached hydrogen (secondary N) is 2. The lowest BCUT2D eigenvalue weighted by Crippen LogP contribution is -2.27. The molecule has 0 saturated heterocycles. The number of sulfone groups is 1. The minimum absolute atomic E-state index is 0. The smallest absolute Gasteiger partial charge is 0.341 e. The van der Waals surface area contributed by atoms with Gasteiger partial charge in [0.1, 0.15) is 4.88 Å². The fourth-order valence-corrected chi connectivity index (χ4v) is 3.41. The fraction of sp³-hybridized carbons (Fsp3) is 0.500. The lowest BCUT2D eigenvalue weighted by Gasteiger charge is -2.06. The van der Waals surface area contributed by atoms with E-state index in [-0.39, 0.29) is 17.3 Å². The Bertz CT molecular complexity index is 534. The van der Waals surface area contributed by atoms with Crippen molar-refractivity contribution in [1.29, 1.82) is 0 Å². The first-order valence-corrected chi connectivity index (χ1v) is 7.86. The second kappa shape index (κ2) is 8.50. The molecule has 1 amide bonds. The minimum atomic E-state index is -4.74. The van der Waals surface area contributed by atoms with E-state index in [0.29, 0.717) is 19.5 Å². The zero-order valence-corrected chi connectivity index (χ0v) is 13.0. The molecule has 0 aromatic carbocycles. The van der Waals surface area contributed by atoms with Crippen molar-refractivity contribution in [3.8, 4) is 0 Å². The first-order valence-electron chi connectivity index (χ1n) is 5.43. The van der Waals surface area contributed by atoms with Crippen LogP contribution in [-0.4, -0.2) is 40.2 Å². The van der Waals surface area contributed by atoms with Gasteiger partial charge in [-0.3, -0.25) is 4.79 Å². The van der Waals surface area contributed by atoms with E-state index in [0.717, 1.165) is 17.4 Å². The third-order valence-electron chi connectivity index (χ3n) is 2.27. The van der Waals surface area contributed by atoms with E-state index in [2.05, 4.69) is 10.6 Å². The molecule has 1 aromatic heterocycles. The third-order valence-corrected chi connectivity index (χ3v) is 4.73. The van der Waals surface area contributed by atoms with Crippen LogP contribution >= 0.6 is 23.7 Å². The second-order valence-corrected chi connectivity index (χ2v) is 6.43. The molecule has 1 heterocycles. The van der Waals surface area contributed by atoms with E-state index < -0.39 is 26.4 Å². The molecule has 0 saturated carbocycles. The quantitative estimate of drug-likeness (QED) is 0.732. The lowest BCUT2D eigenvalue weighted by atomic mass is 10.4. The Balaban J connectivity index is 0.00000361. The van der Waals surface area contributed by atoms with Gasteiger partial charge in [-0.2, -0.15) is 8.78 Å². The van der Waals surface area contributed by atoms with Gasteiger partial charge in [-0.15, -0.1) is 23.7 Å². The molecule has 116 valence electrons. The Kier molecular flexibility index (Phi) is 8.17. The first kappa shape index (κ1) is 19.2. The predicted octanol–water partition coefficient (Wildman–Crippen LogP) is 1.51. The average molecular weight is 349 g/mol. The van der Waals surface area contributed by atoms with Gasteiger partial charge in [-0.05, 0) is 31.5 Å². The molecule has 0 bridgehead atoms. The Hall–Kier alpha value is -0.770. The standard InChI is InChI=1S/C10H14F2N2O3S2.ClH/c1-13-4-2-5-14-9(15)8-7(3-6-18-8)19(16,17)10(11)12;/h3,6,10,13H,2,4-5H2,1H3,(H,14,15);1H. The van der Waals surface area contributed by atoms with Crippen molar-refractivity contribution in [2.45, 2.75) is 17.1 Å². The number of amides is 1. The Morgan fingerprint density at radius 3 is 2.60 bits per heavy atom. The molecule has 0 atom stereocenters. The number of carbonyl (C=O) groups is 1. The lowest BCUT2D eigenvalue weighted by molar-refractivity contribution is 0.0954. The molecule has 20 heavy (non-hydrogen) atoms. The van der Waals surface area contributed by atoms with Gasteiger partial charge >= 0.3 is 5.76 Å². The third kappa shape index (κ3) is 4.65. The number of halogens is 3. The van der Waals surface area contributed by atoms with Crippen molar-refractivity contribution in [3.63, 3.8) is 0 Å². The highest BCUT2D eigenvalue weighted by Crippen LogP contribution is 2.26. The predicted molar refractivity (Wildman–Crippen MR) is 75.6 cm³/mol. The summed E-state index contributed by atoms with van der Waals surface area (Å²) in [6, 6.07) is 1.02. The number of hydrogen-bond donors (Lipinski definition) is 2. The number of thiophene rings is 1. The van der Waals surface area contributed by atoms with Crippen LogP contribution in [0.1, 0.15) is 16.1 Å². The van der Waals surface area contributed by atoms with Crippen molar-refractivity contribution in [2.24, 2.45) is 0 Å². The van der Waals surface area contributed by atoms with E-state index in [1.165, 1.54) is 5.38 Å². The van der Waals surface area contributed by atoms with Gasteiger partial charge < -0.3 is 10.6 Å². The van der Waals surface area contributed by atoms with Crippen molar-refractivity contribution < 1.29 is 22.0 Å². The van der Waals surface area contributed by atoms with Crippen LogP contribution in [0.3, 0.4) is 0 Å². The Morgan fingerprint density at radius 2 is 2.05 bits per heavy atom. The number of alkyl halides is 2. The summed E-state index contributed by atoms with van der Waals surface area (Å²) >= 11 is 0.826. The maximum atomic E-state index is 12.4. The fourth-order valence-electron chi connectivity index (χ4n) is 1.33. The molecule has 0 aliphatic heterocycles. The molecular weight excluding hydrogens is 334 g/mol. The zero-order valence-electron chi connectivity index (χ0n) is 10.6. The molecule has 0 aliphatic carbocycles. The van der Waals surface area contributed by atoms with Gasteiger partial charge in [-0.25, -0.2) is 8.42 Å². The topological polar surface area (TPSA) is 75.3 Å². The second-order valence-electron chi connectivity index (χ2n) is 3.63. The van der Waals surface area contributed by atoms with Gasteiger partial charge in [0.15, 0.2) is 0 Å². The van der Waals surface area contributed by atoms with E-state index in [9.17, 15) is 22.0 Å². The van der Waals surface area contributed by atoms with Crippen LogP contribution in [0.25, 0.3) is 0 Å². The van der Waals surface area contributed by atoms with Crippen LogP contribution < -0.4 is 10.6 Å². The van der Waals surface area contributed by atoms with Gasteiger partial charge in [0, 0.05) is 6.54 Å². The van der Waals surface area contributed by atoms with Crippen LogP contribution in [0.15, 0.2) is 16.3 Å². The molecular formula is C10H15ClF2N2O3S2. The molecule has 0 radical (unpaired) electrons. The van der Waals surface area contributed by atoms with Crippen molar-refractivity contribution in [2.75, 3.05) is 20.1 Å². The largest absolute Gasteiger partial charge is 0.351 e. The van der Waals surface area contributed by atoms with E-state index in [1.54, 1.807) is 7.05 Å². The van der Waals surface area contributed by atoms with Crippen molar-refractivity contribution >= 4 is 39.5 Å². The summed E-state index contributed by atoms with van der Waals surface area (Å²) < 4.78 is 47.6. The van der Waals surface area contributed by atoms with Crippen LogP contribution in [0.5, 0.6) is 0 Å². The Labute approximate surface area is 126 Å². The molecule has 0 fully saturated rings. The van der Waals surface area contributed by atoms with Gasteiger partial charge in [0.2, 0.25) is 9.84 Å². The van der Waals surface area contributed by atoms with Crippen LogP contribution in [0.2, 0.25) is 0 Å². The Morgan fingerprint density at radius 1 is 1.40 bits per heavy atom. The highest BCUT2D eigenvalue weighted by Gasteiger charge is 2.31. The number of hydrogen-bond acceptors (Lipinski definition) is 5. The summed E-state index contributed by atoms with van der Waals surface area (Å²) in [4.78, 5) is 10.9. The van der Waals surface area contributed by atoms with Crippen LogP contribution in [-0.2, 0) is 9.84 Å². The summed E-state index contributed by atoms with van der Waals surface area (Å²) in [5.74, 6) is -4.18. The van der Waals surface area contributed by atoms with Crippen molar-refractivity contribution in [3.05, 3.63) is 16.3 Å². The molecule has 0 spiro atoms. The maximum Gasteiger partial charge on any atom is 0.341 e. The summed E-state index contributed by atoms with van der Waals surface area (Å²) in [6.07, 6.45) is 0.657. The average Bonchev–Trinajstić information content (AvgIpc) is 2.84. The summed E-state index contributed by atoms with van der Waals surface area (Å²) in [5, 5.41) is 6.68. The summed E-state index contributed by atoms with van der Waals surface area (Å²) in [5.41, 5.74) is 0. The molecule has 1 aromatic rings. The SMILES string of the molecule is CNCCCNC(=O)c1sccc1S(=O)(=O)C(F)F.Cl.